The number of rotatable bonds is 5. The van der Waals surface area contributed by atoms with Crippen molar-refractivity contribution in [3.8, 4) is 0 Å². The van der Waals surface area contributed by atoms with Crippen LogP contribution in [0.1, 0.15) is 22.4 Å². The van der Waals surface area contributed by atoms with Gasteiger partial charge in [0, 0.05) is 39.4 Å². The summed E-state index contributed by atoms with van der Waals surface area (Å²) in [6, 6.07) is 23.3. The van der Waals surface area contributed by atoms with E-state index < -0.39 is 0 Å². The van der Waals surface area contributed by atoms with E-state index in [0.29, 0.717) is 0 Å². The highest BCUT2D eigenvalue weighted by molar-refractivity contribution is 6.30. The maximum Gasteiger partial charge on any atom is 0.339 e. The fraction of sp³-hybridized carbons (Fsp3) is 0.120. The van der Waals surface area contributed by atoms with Crippen LogP contribution in [-0.4, -0.2) is 16.8 Å². The third kappa shape index (κ3) is 4.62. The first-order valence-corrected chi connectivity index (χ1v) is 10.4. The smallest absolute Gasteiger partial charge is 0.339 e. The van der Waals surface area contributed by atoms with Gasteiger partial charge in [-0.15, -0.1) is 0 Å². The monoisotopic (exact) mass is 430 g/mol. The van der Waals surface area contributed by atoms with E-state index in [9.17, 15) is 4.79 Å². The molecular weight excluding hydrogens is 408 g/mol. The second-order valence-corrected chi connectivity index (χ2v) is 7.80. The van der Waals surface area contributed by atoms with Crippen LogP contribution in [0.3, 0.4) is 0 Å². The van der Waals surface area contributed by atoms with Crippen molar-refractivity contribution in [1.82, 2.24) is 9.99 Å². The molecule has 0 bridgehead atoms. The summed E-state index contributed by atoms with van der Waals surface area (Å²) in [5.41, 5.74) is 8.62. The highest BCUT2D eigenvalue weighted by Gasteiger charge is 2.13. The zero-order chi connectivity index (χ0) is 21.8. The standard InChI is InChI=1S/C25H23ClN4O/c1-17-7-3-5-9-23(17)28-25(31)29-27-15-22-18(2)30(24-10-6-4-8-21(22)24)16-19-11-13-20(26)14-12-19/h3-15H,16H2,1-2H3,(H2,28,29,31). The fourth-order valence-corrected chi connectivity index (χ4v) is 3.74. The second kappa shape index (κ2) is 9.06. The van der Waals surface area contributed by atoms with Gasteiger partial charge in [0.05, 0.1) is 6.21 Å². The Labute approximate surface area is 186 Å². The molecule has 31 heavy (non-hydrogen) atoms. The average molecular weight is 431 g/mol. The normalized spacial score (nSPS) is 11.2. The Morgan fingerprint density at radius 3 is 2.48 bits per heavy atom. The Bertz CT molecular complexity index is 1260. The maximum atomic E-state index is 12.2. The number of anilines is 1. The predicted octanol–water partition coefficient (Wildman–Crippen LogP) is 6.12. The molecule has 1 aromatic heterocycles. The number of nitrogens with one attached hydrogen (secondary N) is 2. The first kappa shape index (κ1) is 20.7. The molecule has 156 valence electrons. The van der Waals surface area contributed by atoms with Crippen molar-refractivity contribution in [3.63, 3.8) is 0 Å². The van der Waals surface area contributed by atoms with Gasteiger partial charge in [0.15, 0.2) is 0 Å². The number of aromatic nitrogens is 1. The Morgan fingerprint density at radius 1 is 1.00 bits per heavy atom. The number of carbonyl (C=O) groups is 1. The number of hydrazone groups is 1. The largest absolute Gasteiger partial charge is 0.340 e. The molecule has 6 heteroatoms. The summed E-state index contributed by atoms with van der Waals surface area (Å²) in [5, 5.41) is 8.81. The molecule has 0 saturated carbocycles. The summed E-state index contributed by atoms with van der Waals surface area (Å²) in [6.07, 6.45) is 1.70. The molecule has 0 aliphatic heterocycles. The minimum atomic E-state index is -0.381. The zero-order valence-corrected chi connectivity index (χ0v) is 18.1. The number of hydrogen-bond donors (Lipinski definition) is 2. The summed E-state index contributed by atoms with van der Waals surface area (Å²) in [5.74, 6) is 0. The number of hydrogen-bond acceptors (Lipinski definition) is 2. The first-order valence-electron chi connectivity index (χ1n) is 10.0. The lowest BCUT2D eigenvalue weighted by atomic mass is 10.1. The molecule has 3 aromatic carbocycles. The molecule has 4 rings (SSSR count). The van der Waals surface area contributed by atoms with Gasteiger partial charge < -0.3 is 9.88 Å². The Kier molecular flexibility index (Phi) is 6.05. The van der Waals surface area contributed by atoms with E-state index in [1.807, 2.05) is 67.6 Å². The number of nitrogens with zero attached hydrogens (tertiary/aromatic N) is 2. The van der Waals surface area contributed by atoms with Crippen LogP contribution >= 0.6 is 11.6 Å². The average Bonchev–Trinajstić information content (AvgIpc) is 3.03. The van der Waals surface area contributed by atoms with Crippen molar-refractivity contribution >= 4 is 40.4 Å². The van der Waals surface area contributed by atoms with Gasteiger partial charge in [-0.1, -0.05) is 60.1 Å². The van der Waals surface area contributed by atoms with Crippen LogP contribution < -0.4 is 10.7 Å². The third-order valence-electron chi connectivity index (χ3n) is 5.29. The van der Waals surface area contributed by atoms with Crippen molar-refractivity contribution in [2.24, 2.45) is 5.10 Å². The molecule has 2 amide bonds. The molecule has 0 unspecified atom stereocenters. The number of benzene rings is 3. The first-order chi connectivity index (χ1) is 15.0. The SMILES string of the molecule is Cc1ccccc1NC(=O)NN=Cc1c(C)n(Cc2ccc(Cl)cc2)c2ccccc12. The van der Waals surface area contributed by atoms with Gasteiger partial charge in [-0.2, -0.15) is 5.10 Å². The van der Waals surface area contributed by atoms with E-state index in [1.54, 1.807) is 6.21 Å². The van der Waals surface area contributed by atoms with Crippen LogP contribution in [0, 0.1) is 13.8 Å². The van der Waals surface area contributed by atoms with Gasteiger partial charge >= 0.3 is 6.03 Å². The van der Waals surface area contributed by atoms with Gasteiger partial charge in [-0.25, -0.2) is 10.2 Å². The van der Waals surface area contributed by atoms with E-state index >= 15 is 0 Å². The third-order valence-corrected chi connectivity index (χ3v) is 5.54. The van der Waals surface area contributed by atoms with Crippen LogP contribution in [0.4, 0.5) is 10.5 Å². The lowest BCUT2D eigenvalue weighted by Crippen LogP contribution is -2.24. The van der Waals surface area contributed by atoms with Gasteiger partial charge in [0.25, 0.3) is 0 Å². The molecule has 0 spiro atoms. The topological polar surface area (TPSA) is 58.4 Å². The van der Waals surface area contributed by atoms with Crippen molar-refractivity contribution in [1.29, 1.82) is 0 Å². The maximum absolute atomic E-state index is 12.2. The van der Waals surface area contributed by atoms with Gasteiger partial charge in [-0.05, 0) is 49.2 Å². The van der Waals surface area contributed by atoms with Gasteiger partial charge in [0.2, 0.25) is 0 Å². The van der Waals surface area contributed by atoms with Crippen molar-refractivity contribution in [2.45, 2.75) is 20.4 Å². The van der Waals surface area contributed by atoms with Crippen LogP contribution in [0.15, 0.2) is 77.9 Å². The van der Waals surface area contributed by atoms with Crippen molar-refractivity contribution < 1.29 is 4.79 Å². The Morgan fingerprint density at radius 2 is 1.71 bits per heavy atom. The van der Waals surface area contributed by atoms with Crippen LogP contribution in [0.25, 0.3) is 10.9 Å². The quantitative estimate of drug-likeness (QED) is 0.291. The van der Waals surface area contributed by atoms with E-state index in [-0.39, 0.29) is 6.03 Å². The number of urea groups is 1. The number of halogens is 1. The Hall–Kier alpha value is -3.57. The summed E-state index contributed by atoms with van der Waals surface area (Å²) < 4.78 is 2.24. The number of amides is 2. The fourth-order valence-electron chi connectivity index (χ4n) is 3.62. The molecule has 0 aliphatic carbocycles. The van der Waals surface area contributed by atoms with Crippen molar-refractivity contribution in [2.75, 3.05) is 5.32 Å². The summed E-state index contributed by atoms with van der Waals surface area (Å²) in [6.45, 7) is 4.72. The number of fused-ring (bicyclic) bond motifs is 1. The summed E-state index contributed by atoms with van der Waals surface area (Å²) in [4.78, 5) is 12.2. The molecule has 0 saturated heterocycles. The molecule has 5 nitrogen and oxygen atoms in total. The molecule has 0 fully saturated rings. The van der Waals surface area contributed by atoms with Crippen LogP contribution in [-0.2, 0) is 6.54 Å². The van der Waals surface area contributed by atoms with E-state index in [2.05, 4.69) is 39.5 Å². The summed E-state index contributed by atoms with van der Waals surface area (Å²) in [7, 11) is 0. The van der Waals surface area contributed by atoms with Crippen molar-refractivity contribution in [3.05, 3.63) is 100 Å². The van der Waals surface area contributed by atoms with Gasteiger partial charge in [-0.3, -0.25) is 0 Å². The zero-order valence-electron chi connectivity index (χ0n) is 17.4. The molecule has 2 N–H and O–H groups in total. The molecule has 1 heterocycles. The van der Waals surface area contributed by atoms with E-state index in [4.69, 9.17) is 11.6 Å². The molecule has 0 atom stereocenters. The van der Waals surface area contributed by atoms with Crippen LogP contribution in [0.2, 0.25) is 5.02 Å². The minimum absolute atomic E-state index is 0.381. The van der Waals surface area contributed by atoms with E-state index in [1.165, 1.54) is 0 Å². The van der Waals surface area contributed by atoms with E-state index in [0.717, 1.165) is 50.5 Å². The minimum Gasteiger partial charge on any atom is -0.340 e. The van der Waals surface area contributed by atoms with Gasteiger partial charge in [0.1, 0.15) is 0 Å². The number of carbonyl (C=O) groups excluding carboxylic acids is 1. The second-order valence-electron chi connectivity index (χ2n) is 7.37. The molecule has 4 aromatic rings. The lowest BCUT2D eigenvalue weighted by molar-refractivity contribution is 0.252. The highest BCUT2D eigenvalue weighted by Crippen LogP contribution is 2.26. The van der Waals surface area contributed by atoms with Crippen LogP contribution in [0.5, 0.6) is 0 Å². The molecule has 0 radical (unpaired) electrons. The molecule has 0 aliphatic rings. The predicted molar refractivity (Wildman–Crippen MR) is 128 cm³/mol. The molecular formula is C25H23ClN4O. The highest BCUT2D eigenvalue weighted by atomic mass is 35.5. The lowest BCUT2D eigenvalue weighted by Gasteiger charge is -2.09. The number of aryl methyl sites for hydroxylation is 1. The summed E-state index contributed by atoms with van der Waals surface area (Å²) >= 11 is 6.02. The number of para-hydroxylation sites is 2. The Balaban J connectivity index is 1.56.